The molecule has 2 aliphatic rings. The van der Waals surface area contributed by atoms with Gasteiger partial charge in [0.2, 0.25) is 0 Å². The van der Waals surface area contributed by atoms with Crippen molar-refractivity contribution in [3.8, 4) is 0 Å². The third-order valence-electron chi connectivity index (χ3n) is 3.78. The van der Waals surface area contributed by atoms with Gasteiger partial charge in [-0.05, 0) is 25.7 Å². The van der Waals surface area contributed by atoms with E-state index in [0.717, 1.165) is 31.2 Å². The van der Waals surface area contributed by atoms with Crippen LogP contribution in [0.25, 0.3) is 0 Å². The van der Waals surface area contributed by atoms with Crippen molar-refractivity contribution in [3.63, 3.8) is 0 Å². The van der Waals surface area contributed by atoms with Crippen molar-refractivity contribution in [2.24, 2.45) is 5.92 Å². The average Bonchev–Trinajstić information content (AvgIpc) is 3.01. The van der Waals surface area contributed by atoms with Gasteiger partial charge in [-0.25, -0.2) is 0 Å². The van der Waals surface area contributed by atoms with Crippen molar-refractivity contribution < 1.29 is 4.52 Å². The minimum atomic E-state index is 0.590. The van der Waals surface area contributed by atoms with E-state index >= 15 is 0 Å². The molecule has 1 saturated carbocycles. The molecule has 2 heterocycles. The highest BCUT2D eigenvalue weighted by Gasteiger charge is 2.36. The lowest BCUT2D eigenvalue weighted by Crippen LogP contribution is -2.55. The van der Waals surface area contributed by atoms with Gasteiger partial charge in [0, 0.05) is 37.8 Å². The molecule has 1 aliphatic heterocycles. The molecule has 16 heavy (non-hydrogen) atoms. The van der Waals surface area contributed by atoms with Crippen LogP contribution in [0.1, 0.15) is 25.5 Å². The lowest BCUT2D eigenvalue weighted by Gasteiger charge is -2.38. The van der Waals surface area contributed by atoms with Crippen molar-refractivity contribution in [2.45, 2.75) is 38.4 Å². The third-order valence-corrected chi connectivity index (χ3v) is 3.78. The molecule has 1 aliphatic carbocycles. The Morgan fingerprint density at radius 2 is 2.44 bits per heavy atom. The molecule has 0 amide bonds. The van der Waals surface area contributed by atoms with Crippen LogP contribution in [0.2, 0.25) is 0 Å². The van der Waals surface area contributed by atoms with Gasteiger partial charge in [0.25, 0.3) is 0 Å². The fourth-order valence-corrected chi connectivity index (χ4v) is 2.51. The molecule has 0 spiro atoms. The van der Waals surface area contributed by atoms with Gasteiger partial charge in [-0.15, -0.1) is 0 Å². The molecule has 1 N–H and O–H groups in total. The van der Waals surface area contributed by atoms with Crippen LogP contribution in [0, 0.1) is 5.92 Å². The number of nitrogens with one attached hydrogen (secondary N) is 1. The van der Waals surface area contributed by atoms with Gasteiger partial charge in [0.1, 0.15) is 6.26 Å². The Kier molecular flexibility index (Phi) is 2.69. The standard InChI is InChI=1S/C12H19N3O/c1-9-6-13-12(10-2-3-10)8-15(9)7-11-4-5-16-14-11/h4-5,9-10,12-13H,2-3,6-8H2,1H3. The lowest BCUT2D eigenvalue weighted by molar-refractivity contribution is 0.122. The van der Waals surface area contributed by atoms with Gasteiger partial charge < -0.3 is 9.84 Å². The summed E-state index contributed by atoms with van der Waals surface area (Å²) in [6.45, 7) is 5.44. The normalized spacial score (nSPS) is 31.8. The predicted octanol–water partition coefficient (Wildman–Crippen LogP) is 1.25. The van der Waals surface area contributed by atoms with Gasteiger partial charge >= 0.3 is 0 Å². The second-order valence-electron chi connectivity index (χ2n) is 5.12. The first-order valence-corrected chi connectivity index (χ1v) is 6.19. The zero-order valence-corrected chi connectivity index (χ0v) is 9.72. The van der Waals surface area contributed by atoms with Gasteiger partial charge in [0.15, 0.2) is 0 Å². The van der Waals surface area contributed by atoms with E-state index in [-0.39, 0.29) is 0 Å². The summed E-state index contributed by atoms with van der Waals surface area (Å²) in [6, 6.07) is 3.25. The van der Waals surface area contributed by atoms with Crippen LogP contribution in [-0.4, -0.2) is 35.2 Å². The maximum atomic E-state index is 4.89. The van der Waals surface area contributed by atoms with Crippen LogP contribution in [0.3, 0.4) is 0 Å². The molecule has 88 valence electrons. The Labute approximate surface area is 96.0 Å². The minimum absolute atomic E-state index is 0.590. The van der Waals surface area contributed by atoms with Gasteiger partial charge in [-0.1, -0.05) is 5.16 Å². The van der Waals surface area contributed by atoms with Crippen LogP contribution in [0.4, 0.5) is 0 Å². The zero-order valence-electron chi connectivity index (χ0n) is 9.72. The maximum Gasteiger partial charge on any atom is 0.124 e. The van der Waals surface area contributed by atoms with Crippen LogP contribution in [-0.2, 0) is 6.54 Å². The third kappa shape index (κ3) is 2.13. The topological polar surface area (TPSA) is 41.3 Å². The average molecular weight is 221 g/mol. The molecular weight excluding hydrogens is 202 g/mol. The molecule has 4 heteroatoms. The fraction of sp³-hybridized carbons (Fsp3) is 0.750. The summed E-state index contributed by atoms with van der Waals surface area (Å²) >= 11 is 0. The van der Waals surface area contributed by atoms with Crippen molar-refractivity contribution in [1.82, 2.24) is 15.4 Å². The second-order valence-corrected chi connectivity index (χ2v) is 5.12. The maximum absolute atomic E-state index is 4.89. The molecule has 2 atom stereocenters. The first-order valence-electron chi connectivity index (χ1n) is 6.19. The van der Waals surface area contributed by atoms with E-state index in [4.69, 9.17) is 4.52 Å². The van der Waals surface area contributed by atoms with Crippen LogP contribution in [0.15, 0.2) is 16.9 Å². The number of piperazine rings is 1. The molecule has 4 nitrogen and oxygen atoms in total. The smallest absolute Gasteiger partial charge is 0.124 e. The summed E-state index contributed by atoms with van der Waals surface area (Å²) in [7, 11) is 0. The molecule has 2 unspecified atom stereocenters. The Morgan fingerprint density at radius 1 is 1.56 bits per heavy atom. The number of hydrogen-bond donors (Lipinski definition) is 1. The molecule has 0 bridgehead atoms. The van der Waals surface area contributed by atoms with Crippen molar-refractivity contribution in [2.75, 3.05) is 13.1 Å². The van der Waals surface area contributed by atoms with Gasteiger partial charge in [0.05, 0.1) is 5.69 Å². The van der Waals surface area contributed by atoms with E-state index in [1.165, 1.54) is 12.8 Å². The lowest BCUT2D eigenvalue weighted by atomic mass is 10.1. The van der Waals surface area contributed by atoms with Gasteiger partial charge in [-0.2, -0.15) is 0 Å². The number of aromatic nitrogens is 1. The quantitative estimate of drug-likeness (QED) is 0.834. The molecular formula is C12H19N3O. The molecule has 1 aromatic rings. The summed E-state index contributed by atoms with van der Waals surface area (Å²) in [5, 5.41) is 7.65. The zero-order chi connectivity index (χ0) is 11.0. The summed E-state index contributed by atoms with van der Waals surface area (Å²) in [6.07, 6.45) is 4.47. The predicted molar refractivity (Wildman–Crippen MR) is 60.9 cm³/mol. The van der Waals surface area contributed by atoms with Crippen LogP contribution in [0.5, 0.6) is 0 Å². The Morgan fingerprint density at radius 3 is 3.12 bits per heavy atom. The highest BCUT2D eigenvalue weighted by Crippen LogP contribution is 2.34. The molecule has 0 aromatic carbocycles. The monoisotopic (exact) mass is 221 g/mol. The summed E-state index contributed by atoms with van der Waals surface area (Å²) in [5.41, 5.74) is 1.04. The summed E-state index contributed by atoms with van der Waals surface area (Å²) in [4.78, 5) is 2.51. The fourth-order valence-electron chi connectivity index (χ4n) is 2.51. The first-order chi connectivity index (χ1) is 7.83. The van der Waals surface area contributed by atoms with E-state index in [1.807, 2.05) is 6.07 Å². The SMILES string of the molecule is CC1CNC(C2CC2)CN1Cc1ccon1. The number of hydrogen-bond acceptors (Lipinski definition) is 4. The van der Waals surface area contributed by atoms with Crippen molar-refractivity contribution >= 4 is 0 Å². The van der Waals surface area contributed by atoms with E-state index in [2.05, 4.69) is 22.3 Å². The highest BCUT2D eigenvalue weighted by molar-refractivity contribution is 4.99. The van der Waals surface area contributed by atoms with E-state index in [1.54, 1.807) is 6.26 Å². The largest absolute Gasteiger partial charge is 0.364 e. The molecule has 1 aromatic heterocycles. The Bertz CT molecular complexity index is 334. The van der Waals surface area contributed by atoms with Crippen LogP contribution < -0.4 is 5.32 Å². The minimum Gasteiger partial charge on any atom is -0.364 e. The molecule has 1 saturated heterocycles. The van der Waals surface area contributed by atoms with Crippen molar-refractivity contribution in [3.05, 3.63) is 18.0 Å². The van der Waals surface area contributed by atoms with Crippen molar-refractivity contribution in [1.29, 1.82) is 0 Å². The Hall–Kier alpha value is -0.870. The summed E-state index contributed by atoms with van der Waals surface area (Å²) < 4.78 is 4.89. The molecule has 0 radical (unpaired) electrons. The van der Waals surface area contributed by atoms with Gasteiger partial charge in [-0.3, -0.25) is 4.90 Å². The Balaban J connectivity index is 1.62. The number of nitrogens with zero attached hydrogens (tertiary/aromatic N) is 2. The second kappa shape index (κ2) is 4.18. The summed E-state index contributed by atoms with van der Waals surface area (Å²) in [5.74, 6) is 0.923. The van der Waals surface area contributed by atoms with E-state index in [0.29, 0.717) is 12.1 Å². The molecule has 3 rings (SSSR count). The number of rotatable bonds is 3. The molecule has 2 fully saturated rings. The van der Waals surface area contributed by atoms with Crippen LogP contribution >= 0.6 is 0 Å². The first kappa shape index (κ1) is 10.3. The highest BCUT2D eigenvalue weighted by atomic mass is 16.5. The van der Waals surface area contributed by atoms with E-state index in [9.17, 15) is 0 Å². The van der Waals surface area contributed by atoms with E-state index < -0.39 is 0 Å².